The van der Waals surface area contributed by atoms with Gasteiger partial charge in [-0.15, -0.1) is 13.2 Å². The van der Waals surface area contributed by atoms with E-state index in [1.54, 1.807) is 0 Å². The molecule has 0 spiro atoms. The number of primary amides is 1. The summed E-state index contributed by atoms with van der Waals surface area (Å²) in [6.07, 6.45) is -2.52. The Morgan fingerprint density at radius 3 is 2.33 bits per heavy atom. The number of nitrogens with two attached hydrogens (primary N) is 1. The highest BCUT2D eigenvalue weighted by Crippen LogP contribution is 2.22. The van der Waals surface area contributed by atoms with Crippen LogP contribution in [0.25, 0.3) is 6.08 Å². The van der Waals surface area contributed by atoms with Crippen molar-refractivity contribution in [2.24, 2.45) is 5.73 Å². The third kappa shape index (κ3) is 8.41. The van der Waals surface area contributed by atoms with E-state index < -0.39 is 36.5 Å². The number of ether oxygens (including phenoxy) is 2. The second-order valence-electron chi connectivity index (χ2n) is 4.30. The quantitative estimate of drug-likeness (QED) is 0.559. The third-order valence-electron chi connectivity index (χ3n) is 2.33. The first-order chi connectivity index (χ1) is 11.2. The van der Waals surface area contributed by atoms with E-state index >= 15 is 0 Å². The molecule has 0 saturated carbocycles. The first-order valence-electron chi connectivity index (χ1n) is 6.41. The lowest BCUT2D eigenvalue weighted by molar-refractivity contribution is -0.274. The van der Waals surface area contributed by atoms with Crippen LogP contribution in [0, 0.1) is 0 Å². The van der Waals surface area contributed by atoms with Crippen molar-refractivity contribution in [1.82, 2.24) is 5.32 Å². The molecule has 1 aromatic rings. The number of carbonyl (C=O) groups excluding carboxylic acids is 3. The number of halogens is 3. The van der Waals surface area contributed by atoms with E-state index in [0.29, 0.717) is 5.56 Å². The maximum absolute atomic E-state index is 12.0. The summed E-state index contributed by atoms with van der Waals surface area (Å²) in [5.41, 5.74) is 5.23. The molecule has 0 fully saturated rings. The van der Waals surface area contributed by atoms with Gasteiger partial charge in [-0.05, 0) is 23.8 Å². The maximum Gasteiger partial charge on any atom is 0.573 e. The van der Waals surface area contributed by atoms with E-state index in [-0.39, 0.29) is 6.54 Å². The maximum atomic E-state index is 12.0. The summed E-state index contributed by atoms with van der Waals surface area (Å²) < 4.78 is 44.2. The Morgan fingerprint density at radius 2 is 1.79 bits per heavy atom. The zero-order valence-electron chi connectivity index (χ0n) is 12.1. The third-order valence-corrected chi connectivity index (χ3v) is 2.33. The molecule has 0 saturated heterocycles. The highest BCUT2D eigenvalue weighted by molar-refractivity contribution is 5.90. The van der Waals surface area contributed by atoms with E-state index in [4.69, 9.17) is 5.73 Å². The van der Waals surface area contributed by atoms with E-state index in [0.717, 1.165) is 18.2 Å². The lowest BCUT2D eigenvalue weighted by Gasteiger charge is -2.08. The Hall–Kier alpha value is -3.04. The van der Waals surface area contributed by atoms with E-state index in [1.165, 1.54) is 18.2 Å². The van der Waals surface area contributed by atoms with Gasteiger partial charge < -0.3 is 20.5 Å². The molecule has 0 bridgehead atoms. The molecule has 10 heteroatoms. The average Bonchev–Trinajstić information content (AvgIpc) is 2.48. The normalized spacial score (nSPS) is 11.1. The summed E-state index contributed by atoms with van der Waals surface area (Å²) in [7, 11) is 0. The van der Waals surface area contributed by atoms with Crippen molar-refractivity contribution in [3.05, 3.63) is 35.9 Å². The van der Waals surface area contributed by atoms with Crippen LogP contribution in [0.2, 0.25) is 0 Å². The first kappa shape index (κ1) is 19.0. The summed E-state index contributed by atoms with van der Waals surface area (Å²) in [5.74, 6) is -2.69. The SMILES string of the molecule is NC(=O)CNC(=O)COC(=O)/C=C/c1ccc(OC(F)(F)F)cc1. The van der Waals surface area contributed by atoms with Gasteiger partial charge in [0, 0.05) is 6.08 Å². The fourth-order valence-electron chi connectivity index (χ4n) is 1.37. The van der Waals surface area contributed by atoms with Crippen molar-refractivity contribution in [3.63, 3.8) is 0 Å². The van der Waals surface area contributed by atoms with Crippen LogP contribution in [0.4, 0.5) is 13.2 Å². The molecule has 0 aromatic heterocycles. The van der Waals surface area contributed by atoms with Crippen LogP contribution in [-0.2, 0) is 19.1 Å². The highest BCUT2D eigenvalue weighted by Gasteiger charge is 2.30. The molecule has 0 aliphatic heterocycles. The average molecular weight is 346 g/mol. The molecule has 3 N–H and O–H groups in total. The number of carbonyl (C=O) groups is 3. The number of rotatable bonds is 7. The van der Waals surface area contributed by atoms with Gasteiger partial charge in [0.25, 0.3) is 5.91 Å². The minimum atomic E-state index is -4.78. The van der Waals surface area contributed by atoms with Crippen LogP contribution in [0.15, 0.2) is 30.3 Å². The Bertz CT molecular complexity index is 626. The van der Waals surface area contributed by atoms with Gasteiger partial charge in [0.1, 0.15) is 5.75 Å². The smallest absolute Gasteiger partial charge is 0.452 e. The van der Waals surface area contributed by atoms with Crippen LogP contribution in [0.1, 0.15) is 5.56 Å². The minimum absolute atomic E-state index is 0.376. The standard InChI is InChI=1S/C14H13F3N2O5/c15-14(16,17)24-10-4-1-9(2-5-10)3-6-13(22)23-8-12(21)19-7-11(18)20/h1-6H,7-8H2,(H2,18,20)(H,19,21)/b6-3+. The lowest BCUT2D eigenvalue weighted by atomic mass is 10.2. The predicted octanol–water partition coefficient (Wildman–Crippen LogP) is 0.743. The van der Waals surface area contributed by atoms with Crippen LogP contribution < -0.4 is 15.8 Å². The summed E-state index contributed by atoms with van der Waals surface area (Å²) >= 11 is 0. The van der Waals surface area contributed by atoms with Crippen LogP contribution in [0.3, 0.4) is 0 Å². The van der Waals surface area contributed by atoms with Gasteiger partial charge in [-0.1, -0.05) is 12.1 Å². The fourth-order valence-corrected chi connectivity index (χ4v) is 1.37. The van der Waals surface area contributed by atoms with Gasteiger partial charge in [0.05, 0.1) is 6.54 Å². The largest absolute Gasteiger partial charge is 0.573 e. The number of benzene rings is 1. The van der Waals surface area contributed by atoms with Gasteiger partial charge in [0.15, 0.2) is 6.61 Å². The van der Waals surface area contributed by atoms with Crippen LogP contribution in [-0.4, -0.2) is 37.3 Å². The molecule has 1 rings (SSSR count). The van der Waals surface area contributed by atoms with Crippen molar-refractivity contribution in [2.75, 3.05) is 13.2 Å². The van der Waals surface area contributed by atoms with Crippen molar-refractivity contribution in [1.29, 1.82) is 0 Å². The molecule has 7 nitrogen and oxygen atoms in total. The number of hydrogen-bond acceptors (Lipinski definition) is 5. The molecule has 0 aliphatic rings. The summed E-state index contributed by atoms with van der Waals surface area (Å²) in [4.78, 5) is 32.9. The van der Waals surface area contributed by atoms with E-state index in [2.05, 4.69) is 14.8 Å². The summed E-state index contributed by atoms with van der Waals surface area (Å²) in [6.45, 7) is -0.979. The molecule has 2 amide bonds. The van der Waals surface area contributed by atoms with Gasteiger partial charge >= 0.3 is 12.3 Å². The number of amides is 2. The molecule has 130 valence electrons. The van der Waals surface area contributed by atoms with Gasteiger partial charge in [-0.25, -0.2) is 4.79 Å². The second-order valence-corrected chi connectivity index (χ2v) is 4.30. The van der Waals surface area contributed by atoms with Crippen molar-refractivity contribution in [2.45, 2.75) is 6.36 Å². The Kier molecular flexibility index (Phi) is 6.78. The van der Waals surface area contributed by atoms with Gasteiger partial charge in [-0.3, -0.25) is 9.59 Å². The molecular weight excluding hydrogens is 333 g/mol. The lowest BCUT2D eigenvalue weighted by Crippen LogP contribution is -2.35. The molecule has 0 unspecified atom stereocenters. The molecule has 24 heavy (non-hydrogen) atoms. The molecule has 0 heterocycles. The number of nitrogens with one attached hydrogen (secondary N) is 1. The zero-order chi connectivity index (χ0) is 18.2. The van der Waals surface area contributed by atoms with E-state index in [9.17, 15) is 27.6 Å². The Morgan fingerprint density at radius 1 is 1.17 bits per heavy atom. The predicted molar refractivity (Wildman–Crippen MR) is 75.3 cm³/mol. The Labute approximate surface area is 134 Å². The zero-order valence-corrected chi connectivity index (χ0v) is 12.1. The van der Waals surface area contributed by atoms with Gasteiger partial charge in [-0.2, -0.15) is 0 Å². The molecule has 0 atom stereocenters. The Balaban J connectivity index is 2.43. The number of alkyl halides is 3. The number of hydrogen-bond donors (Lipinski definition) is 2. The van der Waals surface area contributed by atoms with Crippen molar-refractivity contribution < 1.29 is 37.0 Å². The van der Waals surface area contributed by atoms with E-state index in [1.807, 2.05) is 0 Å². The first-order valence-corrected chi connectivity index (χ1v) is 6.41. The minimum Gasteiger partial charge on any atom is -0.452 e. The van der Waals surface area contributed by atoms with Crippen LogP contribution in [0.5, 0.6) is 5.75 Å². The monoisotopic (exact) mass is 346 g/mol. The summed E-state index contributed by atoms with van der Waals surface area (Å²) in [6, 6.07) is 4.75. The fraction of sp³-hybridized carbons (Fsp3) is 0.214. The topological polar surface area (TPSA) is 108 Å². The molecule has 0 radical (unpaired) electrons. The molecule has 1 aromatic carbocycles. The van der Waals surface area contributed by atoms with Gasteiger partial charge in [0.2, 0.25) is 5.91 Å². The second kappa shape index (κ2) is 8.56. The van der Waals surface area contributed by atoms with Crippen molar-refractivity contribution >= 4 is 23.9 Å². The van der Waals surface area contributed by atoms with Crippen molar-refractivity contribution in [3.8, 4) is 5.75 Å². The molecule has 0 aliphatic carbocycles. The number of esters is 1. The van der Waals surface area contributed by atoms with Crippen LogP contribution >= 0.6 is 0 Å². The highest BCUT2D eigenvalue weighted by atomic mass is 19.4. The summed E-state index contributed by atoms with van der Waals surface area (Å²) in [5, 5.41) is 2.12. The molecular formula is C14H13F3N2O5.